The topological polar surface area (TPSA) is 59.8 Å². The fraction of sp³-hybridized carbons (Fsp3) is 0.150. The van der Waals surface area contributed by atoms with Crippen LogP contribution in [0.15, 0.2) is 55.2 Å². The largest absolute Gasteiger partial charge is 0.333 e. The van der Waals surface area contributed by atoms with Crippen LogP contribution in [0.3, 0.4) is 0 Å². The van der Waals surface area contributed by atoms with Gasteiger partial charge in [-0.05, 0) is 36.8 Å². The number of nitrogens with one attached hydrogen (secondary N) is 1. The molecule has 0 aliphatic heterocycles. The fourth-order valence-electron chi connectivity index (χ4n) is 2.31. The van der Waals surface area contributed by atoms with Crippen LogP contribution in [0.25, 0.3) is 0 Å². The van der Waals surface area contributed by atoms with Crippen LogP contribution in [0.4, 0.5) is 10.2 Å². The lowest BCUT2D eigenvalue weighted by atomic mass is 10.0. The molecule has 5 nitrogen and oxygen atoms in total. The maximum absolute atomic E-state index is 12.4. The summed E-state index contributed by atoms with van der Waals surface area (Å²) in [5.41, 5.74) is 3.03. The third kappa shape index (κ3) is 4.33. The monoisotopic (exact) mass is 348 g/mol. The van der Waals surface area contributed by atoms with Gasteiger partial charge in [-0.2, -0.15) is 0 Å². The Bertz CT molecular complexity index is 970. The van der Waals surface area contributed by atoms with E-state index in [1.807, 2.05) is 25.1 Å². The van der Waals surface area contributed by atoms with Gasteiger partial charge in [0.1, 0.15) is 6.67 Å². The predicted octanol–water partition coefficient (Wildman–Crippen LogP) is 3.21. The van der Waals surface area contributed by atoms with Crippen LogP contribution >= 0.6 is 0 Å². The van der Waals surface area contributed by atoms with Crippen molar-refractivity contribution in [2.24, 2.45) is 0 Å². The van der Waals surface area contributed by atoms with E-state index in [9.17, 15) is 9.18 Å². The summed E-state index contributed by atoms with van der Waals surface area (Å²) < 4.78 is 13.9. The number of aryl methyl sites for hydroxylation is 2. The van der Waals surface area contributed by atoms with Crippen molar-refractivity contribution in [1.82, 2.24) is 14.5 Å². The van der Waals surface area contributed by atoms with Crippen molar-refractivity contribution < 1.29 is 9.18 Å². The Labute approximate surface area is 150 Å². The molecule has 1 aromatic carbocycles. The number of carbonyl (C=O) groups is 1. The molecule has 0 radical (unpaired) electrons. The molecule has 130 valence electrons. The summed E-state index contributed by atoms with van der Waals surface area (Å²) in [6, 6.07) is 9.03. The zero-order valence-corrected chi connectivity index (χ0v) is 14.2. The molecule has 0 spiro atoms. The van der Waals surface area contributed by atoms with E-state index in [0.29, 0.717) is 11.4 Å². The van der Waals surface area contributed by atoms with Crippen LogP contribution in [0.5, 0.6) is 0 Å². The number of nitrogens with zero attached hydrogens (tertiary/aromatic N) is 3. The highest BCUT2D eigenvalue weighted by Crippen LogP contribution is 2.13. The summed E-state index contributed by atoms with van der Waals surface area (Å²) in [4.78, 5) is 20.5. The van der Waals surface area contributed by atoms with E-state index in [-0.39, 0.29) is 12.5 Å². The molecule has 1 N–H and O–H groups in total. The summed E-state index contributed by atoms with van der Waals surface area (Å²) in [6.07, 6.45) is 6.45. The third-order valence-electron chi connectivity index (χ3n) is 3.72. The van der Waals surface area contributed by atoms with Crippen molar-refractivity contribution in [1.29, 1.82) is 0 Å². The van der Waals surface area contributed by atoms with Gasteiger partial charge in [-0.3, -0.25) is 9.78 Å². The minimum Gasteiger partial charge on any atom is -0.333 e. The molecule has 0 saturated carbocycles. The standard InChI is InChI=1S/C20H17FN4O/c1-15-4-6-18(11-17(15)7-5-16-3-2-9-22-12-16)20(26)24-19-13-25(10-8-21)14-23-19/h2-4,6,9,11-14H,8,10H2,1H3,(H,24,26). The first kappa shape index (κ1) is 17.4. The average Bonchev–Trinajstić information content (AvgIpc) is 3.09. The molecule has 0 unspecified atom stereocenters. The highest BCUT2D eigenvalue weighted by atomic mass is 19.1. The molecule has 2 heterocycles. The van der Waals surface area contributed by atoms with Crippen molar-refractivity contribution in [2.45, 2.75) is 13.5 Å². The van der Waals surface area contributed by atoms with Crippen molar-refractivity contribution >= 4 is 11.7 Å². The minimum atomic E-state index is -0.485. The number of alkyl halides is 1. The number of hydrogen-bond acceptors (Lipinski definition) is 3. The number of benzene rings is 1. The third-order valence-corrected chi connectivity index (χ3v) is 3.72. The van der Waals surface area contributed by atoms with Crippen molar-refractivity contribution in [3.8, 4) is 11.8 Å². The lowest BCUT2D eigenvalue weighted by Gasteiger charge is -2.05. The Kier molecular flexibility index (Phi) is 5.40. The van der Waals surface area contributed by atoms with E-state index in [1.54, 1.807) is 35.3 Å². The number of pyridine rings is 1. The normalized spacial score (nSPS) is 10.1. The van der Waals surface area contributed by atoms with Gasteiger partial charge in [0.15, 0.2) is 5.82 Å². The number of rotatable bonds is 4. The zero-order chi connectivity index (χ0) is 18.4. The molecule has 0 saturated heterocycles. The molecule has 3 rings (SSSR count). The molecule has 0 aliphatic carbocycles. The van der Waals surface area contributed by atoms with Gasteiger partial charge < -0.3 is 9.88 Å². The van der Waals surface area contributed by atoms with Gasteiger partial charge in [0.05, 0.1) is 12.9 Å². The summed E-state index contributed by atoms with van der Waals surface area (Å²) in [6.45, 7) is 1.66. The molecule has 6 heteroatoms. The molecule has 1 amide bonds. The maximum Gasteiger partial charge on any atom is 0.256 e. The van der Waals surface area contributed by atoms with E-state index in [2.05, 4.69) is 27.1 Å². The second-order valence-corrected chi connectivity index (χ2v) is 5.66. The quantitative estimate of drug-likeness (QED) is 0.737. The van der Waals surface area contributed by atoms with Crippen LogP contribution in [-0.4, -0.2) is 27.1 Å². The lowest BCUT2D eigenvalue weighted by Crippen LogP contribution is -2.12. The Morgan fingerprint density at radius 2 is 2.19 bits per heavy atom. The van der Waals surface area contributed by atoms with Crippen LogP contribution in [0.2, 0.25) is 0 Å². The van der Waals surface area contributed by atoms with Crippen LogP contribution in [0.1, 0.15) is 27.0 Å². The molecule has 0 atom stereocenters. The van der Waals surface area contributed by atoms with E-state index < -0.39 is 6.67 Å². The Morgan fingerprint density at radius 1 is 1.31 bits per heavy atom. The number of amides is 1. The summed E-state index contributed by atoms with van der Waals surface area (Å²) in [5.74, 6) is 6.21. The maximum atomic E-state index is 12.4. The number of hydrogen-bond donors (Lipinski definition) is 1. The second-order valence-electron chi connectivity index (χ2n) is 5.66. The van der Waals surface area contributed by atoms with E-state index in [0.717, 1.165) is 16.7 Å². The SMILES string of the molecule is Cc1ccc(C(=O)Nc2cn(CCF)cn2)cc1C#Cc1cccnc1. The number of aromatic nitrogens is 3. The number of anilines is 1. The highest BCUT2D eigenvalue weighted by molar-refractivity contribution is 6.04. The number of halogens is 1. The number of imidazole rings is 1. The Balaban J connectivity index is 1.78. The summed E-state index contributed by atoms with van der Waals surface area (Å²) >= 11 is 0. The molecule has 2 aromatic heterocycles. The van der Waals surface area contributed by atoms with Crippen LogP contribution in [0, 0.1) is 18.8 Å². The van der Waals surface area contributed by atoms with E-state index in [1.165, 1.54) is 6.33 Å². The van der Waals surface area contributed by atoms with Crippen LogP contribution < -0.4 is 5.32 Å². The Hall–Kier alpha value is -3.46. The highest BCUT2D eigenvalue weighted by Gasteiger charge is 2.09. The van der Waals surface area contributed by atoms with Crippen molar-refractivity contribution in [2.75, 3.05) is 12.0 Å². The molecular weight excluding hydrogens is 331 g/mol. The average molecular weight is 348 g/mol. The summed E-state index contributed by atoms with van der Waals surface area (Å²) in [5, 5.41) is 2.71. The minimum absolute atomic E-state index is 0.210. The molecule has 3 aromatic rings. The first-order chi connectivity index (χ1) is 12.7. The van der Waals surface area contributed by atoms with E-state index >= 15 is 0 Å². The van der Waals surface area contributed by atoms with Crippen molar-refractivity contribution in [3.63, 3.8) is 0 Å². The first-order valence-corrected chi connectivity index (χ1v) is 8.07. The molecule has 0 bridgehead atoms. The van der Waals surface area contributed by atoms with Crippen molar-refractivity contribution in [3.05, 3.63) is 77.5 Å². The van der Waals surface area contributed by atoms with Gasteiger partial charge >= 0.3 is 0 Å². The summed E-state index contributed by atoms with van der Waals surface area (Å²) in [7, 11) is 0. The molecule has 0 aliphatic rings. The molecule has 0 fully saturated rings. The lowest BCUT2D eigenvalue weighted by molar-refractivity contribution is 0.102. The van der Waals surface area contributed by atoms with Gasteiger partial charge in [-0.25, -0.2) is 9.37 Å². The Morgan fingerprint density at radius 3 is 2.96 bits per heavy atom. The molecule has 26 heavy (non-hydrogen) atoms. The van der Waals surface area contributed by atoms with Gasteiger partial charge in [0.2, 0.25) is 0 Å². The fourth-order valence-corrected chi connectivity index (χ4v) is 2.31. The zero-order valence-electron chi connectivity index (χ0n) is 14.2. The van der Waals surface area contributed by atoms with Gasteiger partial charge in [0, 0.05) is 35.3 Å². The van der Waals surface area contributed by atoms with Gasteiger partial charge in [-0.1, -0.05) is 17.9 Å². The van der Waals surface area contributed by atoms with Gasteiger partial charge in [-0.15, -0.1) is 0 Å². The smallest absolute Gasteiger partial charge is 0.256 e. The first-order valence-electron chi connectivity index (χ1n) is 8.07. The van der Waals surface area contributed by atoms with Gasteiger partial charge in [0.25, 0.3) is 5.91 Å². The van der Waals surface area contributed by atoms with Crippen LogP contribution in [-0.2, 0) is 6.54 Å². The van der Waals surface area contributed by atoms with E-state index in [4.69, 9.17) is 0 Å². The second kappa shape index (κ2) is 8.08. The molecular formula is C20H17FN4O. The predicted molar refractivity (Wildman–Crippen MR) is 97.6 cm³/mol. The number of carbonyl (C=O) groups excluding carboxylic acids is 1.